The van der Waals surface area contributed by atoms with Gasteiger partial charge in [0.25, 0.3) is 0 Å². The van der Waals surface area contributed by atoms with Crippen molar-refractivity contribution in [1.29, 1.82) is 5.26 Å². The highest BCUT2D eigenvalue weighted by Gasteiger charge is 2.49. The molecule has 0 spiro atoms. The molecule has 1 aliphatic carbocycles. The first-order valence-corrected chi connectivity index (χ1v) is 7.50. The molecule has 1 fully saturated rings. The smallest absolute Gasteiger partial charge is 0.0857 e. The van der Waals surface area contributed by atoms with E-state index in [4.69, 9.17) is 0 Å². The molecular weight excluding hydrogens is 222 g/mol. The van der Waals surface area contributed by atoms with E-state index in [0.29, 0.717) is 5.92 Å². The first-order chi connectivity index (χ1) is 8.37. The standard InChI is InChI=1S/C16H29NO/c1-5-6-14-7-9-16(12-17,10-8-14)15(4,18)11-13(2)3/h13-14,18H,5-11H2,1-4H3. The molecule has 0 aromatic heterocycles. The van der Waals surface area contributed by atoms with E-state index < -0.39 is 11.0 Å². The minimum Gasteiger partial charge on any atom is -0.389 e. The Morgan fingerprint density at radius 3 is 2.33 bits per heavy atom. The number of hydrogen-bond acceptors (Lipinski definition) is 2. The lowest BCUT2D eigenvalue weighted by atomic mass is 9.60. The summed E-state index contributed by atoms with van der Waals surface area (Å²) in [5.74, 6) is 1.20. The van der Waals surface area contributed by atoms with Crippen molar-refractivity contribution in [1.82, 2.24) is 0 Å². The van der Waals surface area contributed by atoms with Gasteiger partial charge >= 0.3 is 0 Å². The number of nitrogens with zero attached hydrogens (tertiary/aromatic N) is 1. The van der Waals surface area contributed by atoms with Gasteiger partial charge in [-0.3, -0.25) is 0 Å². The molecule has 2 nitrogen and oxygen atoms in total. The van der Waals surface area contributed by atoms with Crippen LogP contribution in [0.2, 0.25) is 0 Å². The molecule has 0 bridgehead atoms. The minimum atomic E-state index is -0.840. The largest absolute Gasteiger partial charge is 0.389 e. The fourth-order valence-corrected chi connectivity index (χ4v) is 3.63. The molecule has 0 radical (unpaired) electrons. The second kappa shape index (κ2) is 6.06. The van der Waals surface area contributed by atoms with Crippen LogP contribution in [0.1, 0.15) is 72.6 Å². The van der Waals surface area contributed by atoms with Crippen molar-refractivity contribution >= 4 is 0 Å². The Kier molecular flexibility index (Phi) is 5.22. The molecule has 0 heterocycles. The predicted octanol–water partition coefficient (Wildman–Crippen LogP) is 4.28. The molecule has 0 saturated heterocycles. The zero-order chi connectivity index (χ0) is 13.8. The van der Waals surface area contributed by atoms with Gasteiger partial charge in [-0.15, -0.1) is 0 Å². The van der Waals surface area contributed by atoms with Gasteiger partial charge in [-0.2, -0.15) is 5.26 Å². The number of hydrogen-bond donors (Lipinski definition) is 1. The van der Waals surface area contributed by atoms with Crippen molar-refractivity contribution in [3.05, 3.63) is 0 Å². The van der Waals surface area contributed by atoms with Gasteiger partial charge in [0.1, 0.15) is 0 Å². The summed E-state index contributed by atoms with van der Waals surface area (Å²) in [6.07, 6.45) is 7.17. The maximum Gasteiger partial charge on any atom is 0.0857 e. The summed E-state index contributed by atoms with van der Waals surface area (Å²) in [5.41, 5.74) is -1.35. The fourth-order valence-electron chi connectivity index (χ4n) is 3.63. The van der Waals surface area contributed by atoms with Crippen molar-refractivity contribution in [2.24, 2.45) is 17.3 Å². The summed E-state index contributed by atoms with van der Waals surface area (Å²) < 4.78 is 0. The van der Waals surface area contributed by atoms with Crippen molar-refractivity contribution in [3.63, 3.8) is 0 Å². The normalized spacial score (nSPS) is 31.9. The third-order valence-corrected chi connectivity index (χ3v) is 4.71. The molecular formula is C16H29NO. The molecule has 0 amide bonds. The van der Waals surface area contributed by atoms with Gasteiger partial charge in [0.05, 0.1) is 17.1 Å². The lowest BCUT2D eigenvalue weighted by Gasteiger charge is -2.45. The SMILES string of the molecule is CCCC1CCC(C#N)(C(C)(O)CC(C)C)CC1. The molecule has 0 aromatic carbocycles. The van der Waals surface area contributed by atoms with E-state index >= 15 is 0 Å². The van der Waals surface area contributed by atoms with Crippen LogP contribution < -0.4 is 0 Å². The van der Waals surface area contributed by atoms with Crippen molar-refractivity contribution in [3.8, 4) is 6.07 Å². The van der Waals surface area contributed by atoms with Gasteiger partial charge in [0, 0.05) is 0 Å². The van der Waals surface area contributed by atoms with Crippen LogP contribution in [0.5, 0.6) is 0 Å². The molecule has 104 valence electrons. The zero-order valence-electron chi connectivity index (χ0n) is 12.5. The monoisotopic (exact) mass is 251 g/mol. The van der Waals surface area contributed by atoms with Gasteiger partial charge in [-0.1, -0.05) is 33.6 Å². The van der Waals surface area contributed by atoms with Gasteiger partial charge in [0.15, 0.2) is 0 Å². The molecule has 0 aromatic rings. The predicted molar refractivity (Wildman–Crippen MR) is 75.0 cm³/mol. The van der Waals surface area contributed by atoms with Crippen LogP contribution in [-0.4, -0.2) is 10.7 Å². The Balaban J connectivity index is 2.74. The lowest BCUT2D eigenvalue weighted by Crippen LogP contribution is -2.48. The van der Waals surface area contributed by atoms with E-state index in [9.17, 15) is 10.4 Å². The van der Waals surface area contributed by atoms with Crippen LogP contribution in [0.25, 0.3) is 0 Å². The number of rotatable bonds is 5. The van der Waals surface area contributed by atoms with Crippen molar-refractivity contribution in [2.45, 2.75) is 78.2 Å². The summed E-state index contributed by atoms with van der Waals surface area (Å²) in [6, 6.07) is 2.48. The third kappa shape index (κ3) is 3.26. The van der Waals surface area contributed by atoms with Crippen molar-refractivity contribution in [2.75, 3.05) is 0 Å². The summed E-state index contributed by atoms with van der Waals surface area (Å²) in [4.78, 5) is 0. The van der Waals surface area contributed by atoms with E-state index in [-0.39, 0.29) is 0 Å². The van der Waals surface area contributed by atoms with Gasteiger partial charge in [-0.25, -0.2) is 0 Å². The van der Waals surface area contributed by atoms with Crippen LogP contribution >= 0.6 is 0 Å². The van der Waals surface area contributed by atoms with Gasteiger partial charge < -0.3 is 5.11 Å². The van der Waals surface area contributed by atoms with Crippen LogP contribution in [0, 0.1) is 28.6 Å². The molecule has 1 unspecified atom stereocenters. The second-order valence-corrected chi connectivity index (χ2v) is 6.80. The Morgan fingerprint density at radius 2 is 1.94 bits per heavy atom. The van der Waals surface area contributed by atoms with Crippen LogP contribution in [0.15, 0.2) is 0 Å². The number of nitriles is 1. The highest BCUT2D eigenvalue weighted by atomic mass is 16.3. The van der Waals surface area contributed by atoms with E-state index in [1.807, 2.05) is 6.92 Å². The topological polar surface area (TPSA) is 44.0 Å². The maximum atomic E-state index is 10.8. The summed E-state index contributed by atoms with van der Waals surface area (Å²) >= 11 is 0. The molecule has 1 rings (SSSR count). The van der Waals surface area contributed by atoms with Gasteiger partial charge in [-0.05, 0) is 50.9 Å². The fraction of sp³-hybridized carbons (Fsp3) is 0.938. The summed E-state index contributed by atoms with van der Waals surface area (Å²) in [5, 5.41) is 20.4. The Hall–Kier alpha value is -0.550. The first kappa shape index (κ1) is 15.5. The summed E-state index contributed by atoms with van der Waals surface area (Å²) in [6.45, 7) is 8.32. The molecule has 1 saturated carbocycles. The van der Waals surface area contributed by atoms with Crippen LogP contribution in [0.4, 0.5) is 0 Å². The Labute approximate surface area is 112 Å². The molecule has 18 heavy (non-hydrogen) atoms. The van der Waals surface area contributed by atoms with E-state index in [0.717, 1.165) is 38.0 Å². The highest BCUT2D eigenvalue weighted by Crippen LogP contribution is 2.49. The van der Waals surface area contributed by atoms with E-state index in [1.54, 1.807) is 0 Å². The zero-order valence-corrected chi connectivity index (χ0v) is 12.5. The Bertz CT molecular complexity index is 293. The molecule has 1 aliphatic rings. The average molecular weight is 251 g/mol. The quantitative estimate of drug-likeness (QED) is 0.792. The minimum absolute atomic E-state index is 0.429. The third-order valence-electron chi connectivity index (χ3n) is 4.71. The molecule has 1 N–H and O–H groups in total. The molecule has 1 atom stereocenters. The molecule has 0 aliphatic heterocycles. The average Bonchev–Trinajstić information content (AvgIpc) is 2.28. The number of aliphatic hydroxyl groups is 1. The van der Waals surface area contributed by atoms with Crippen molar-refractivity contribution < 1.29 is 5.11 Å². The van der Waals surface area contributed by atoms with E-state index in [1.165, 1.54) is 12.8 Å². The van der Waals surface area contributed by atoms with Gasteiger partial charge in [0.2, 0.25) is 0 Å². The Morgan fingerprint density at radius 1 is 1.39 bits per heavy atom. The maximum absolute atomic E-state index is 10.8. The van der Waals surface area contributed by atoms with E-state index in [2.05, 4.69) is 26.8 Å². The van der Waals surface area contributed by atoms with Crippen LogP contribution in [0.3, 0.4) is 0 Å². The first-order valence-electron chi connectivity index (χ1n) is 7.50. The van der Waals surface area contributed by atoms with Crippen LogP contribution in [-0.2, 0) is 0 Å². The highest BCUT2D eigenvalue weighted by molar-refractivity contribution is 5.11. The second-order valence-electron chi connectivity index (χ2n) is 6.80. The lowest BCUT2D eigenvalue weighted by molar-refractivity contribution is -0.0773. The molecule has 2 heteroatoms. The summed E-state index contributed by atoms with van der Waals surface area (Å²) in [7, 11) is 0.